The Labute approximate surface area is 303 Å². The summed E-state index contributed by atoms with van der Waals surface area (Å²) in [4.78, 5) is 2.32. The van der Waals surface area contributed by atoms with Crippen LogP contribution in [0.3, 0.4) is 0 Å². The number of furan rings is 2. The highest BCUT2D eigenvalue weighted by atomic mass is 32.1. The fraction of sp³-hybridized carbons (Fsp3) is 0. The molecule has 0 spiro atoms. The summed E-state index contributed by atoms with van der Waals surface area (Å²) in [6.45, 7) is 0. The van der Waals surface area contributed by atoms with Crippen molar-refractivity contribution in [3.8, 4) is 22.3 Å². The number of benzene rings is 8. The fourth-order valence-corrected chi connectivity index (χ4v) is 9.11. The van der Waals surface area contributed by atoms with Gasteiger partial charge in [-0.1, -0.05) is 109 Å². The lowest BCUT2D eigenvalue weighted by Gasteiger charge is -2.27. The number of fused-ring (bicyclic) bond motifs is 9. The SMILES string of the molecule is c1ccc(-c2ccc(N(c3ccc4c(c3)oc3ccccc34)c3ccc4c(c3)oc3ccccc34)cc2-c2cccc3c2sc2ccccc23)cc1. The molecule has 0 atom stereocenters. The fourth-order valence-electron chi connectivity index (χ4n) is 7.88. The lowest BCUT2D eigenvalue weighted by Crippen LogP contribution is -2.10. The van der Waals surface area contributed by atoms with E-state index in [0.717, 1.165) is 60.9 Å². The zero-order valence-electron chi connectivity index (χ0n) is 27.9. The standard InChI is InChI=1S/C48H29NO2S/c1-2-11-30(12-3-1)34-24-21-31(27-42(34)41-17-10-16-40-39-15-6-9-20-47(39)52-48(40)41)49(32-22-25-37-35-13-4-7-18-43(35)50-45(37)28-32)33-23-26-38-36-14-5-8-19-44(36)51-46(38)29-33/h1-29H. The highest BCUT2D eigenvalue weighted by Crippen LogP contribution is 2.47. The van der Waals surface area contributed by atoms with Crippen LogP contribution in [0.2, 0.25) is 0 Å². The molecule has 0 aliphatic heterocycles. The van der Waals surface area contributed by atoms with E-state index in [4.69, 9.17) is 8.83 Å². The van der Waals surface area contributed by atoms with Gasteiger partial charge in [-0.2, -0.15) is 0 Å². The van der Waals surface area contributed by atoms with Crippen LogP contribution >= 0.6 is 11.3 Å². The number of nitrogens with zero attached hydrogens (tertiary/aromatic N) is 1. The van der Waals surface area contributed by atoms with E-state index in [-0.39, 0.29) is 0 Å². The summed E-state index contributed by atoms with van der Waals surface area (Å²) in [6, 6.07) is 62.6. The lowest BCUT2D eigenvalue weighted by molar-refractivity contribution is 0.669. The Kier molecular flexibility index (Phi) is 6.42. The first-order valence-corrected chi connectivity index (χ1v) is 18.3. The van der Waals surface area contributed by atoms with Gasteiger partial charge in [-0.05, 0) is 71.3 Å². The number of hydrogen-bond donors (Lipinski definition) is 0. The Morgan fingerprint density at radius 1 is 0.346 bits per heavy atom. The summed E-state index contributed by atoms with van der Waals surface area (Å²) in [5.41, 5.74) is 11.3. The first-order valence-electron chi connectivity index (χ1n) is 17.5. The molecule has 3 aromatic heterocycles. The number of para-hydroxylation sites is 2. The maximum Gasteiger partial charge on any atom is 0.137 e. The monoisotopic (exact) mass is 683 g/mol. The Morgan fingerprint density at radius 2 is 0.885 bits per heavy atom. The summed E-state index contributed by atoms with van der Waals surface area (Å²) < 4.78 is 15.4. The molecule has 0 N–H and O–H groups in total. The summed E-state index contributed by atoms with van der Waals surface area (Å²) in [6.07, 6.45) is 0. The van der Waals surface area contributed by atoms with Crippen LogP contribution < -0.4 is 4.90 Å². The van der Waals surface area contributed by atoms with Crippen molar-refractivity contribution < 1.29 is 8.83 Å². The third-order valence-corrected chi connectivity index (χ3v) is 11.5. The zero-order chi connectivity index (χ0) is 34.2. The van der Waals surface area contributed by atoms with E-state index >= 15 is 0 Å². The molecule has 11 aromatic rings. The van der Waals surface area contributed by atoms with Crippen molar-refractivity contribution in [2.45, 2.75) is 0 Å². The third-order valence-electron chi connectivity index (χ3n) is 10.3. The van der Waals surface area contributed by atoms with Gasteiger partial charge in [0.2, 0.25) is 0 Å². The Balaban J connectivity index is 1.18. The van der Waals surface area contributed by atoms with Gasteiger partial charge in [-0.15, -0.1) is 11.3 Å². The van der Waals surface area contributed by atoms with E-state index in [1.165, 1.54) is 42.4 Å². The Hall–Kier alpha value is -6.62. The van der Waals surface area contributed by atoms with Gasteiger partial charge in [0.15, 0.2) is 0 Å². The summed E-state index contributed by atoms with van der Waals surface area (Å²) in [5, 5.41) is 7.01. The first-order chi connectivity index (χ1) is 25.8. The molecule has 4 heteroatoms. The number of hydrogen-bond acceptors (Lipinski definition) is 4. The van der Waals surface area contributed by atoms with Crippen molar-refractivity contribution in [2.75, 3.05) is 4.90 Å². The molecule has 0 aliphatic rings. The number of rotatable bonds is 5. The molecule has 0 fully saturated rings. The molecule has 0 radical (unpaired) electrons. The van der Waals surface area contributed by atoms with Gasteiger partial charge in [0.1, 0.15) is 22.3 Å². The number of thiophene rings is 1. The minimum Gasteiger partial charge on any atom is -0.456 e. The van der Waals surface area contributed by atoms with Gasteiger partial charge in [-0.25, -0.2) is 0 Å². The average molecular weight is 684 g/mol. The molecule has 8 aromatic carbocycles. The van der Waals surface area contributed by atoms with Crippen LogP contribution in [0.1, 0.15) is 0 Å². The zero-order valence-corrected chi connectivity index (χ0v) is 28.7. The molecule has 52 heavy (non-hydrogen) atoms. The molecule has 11 rings (SSSR count). The minimum absolute atomic E-state index is 0.852. The van der Waals surface area contributed by atoms with Crippen molar-refractivity contribution in [2.24, 2.45) is 0 Å². The maximum atomic E-state index is 6.43. The highest BCUT2D eigenvalue weighted by Gasteiger charge is 2.21. The van der Waals surface area contributed by atoms with Crippen LogP contribution in [-0.2, 0) is 0 Å². The van der Waals surface area contributed by atoms with Gasteiger partial charge in [0.25, 0.3) is 0 Å². The normalized spacial score (nSPS) is 11.8. The third kappa shape index (κ3) is 4.51. The van der Waals surface area contributed by atoms with Crippen LogP contribution in [0.15, 0.2) is 185 Å². The molecular formula is C48H29NO2S. The van der Waals surface area contributed by atoms with Crippen LogP contribution in [0.5, 0.6) is 0 Å². The van der Waals surface area contributed by atoms with Gasteiger partial charge >= 0.3 is 0 Å². The van der Waals surface area contributed by atoms with E-state index in [1.54, 1.807) is 0 Å². The molecule has 0 bridgehead atoms. The molecule has 0 saturated carbocycles. The predicted octanol–water partition coefficient (Wildman–Crippen LogP) is 14.7. The molecule has 3 heterocycles. The predicted molar refractivity (Wildman–Crippen MR) is 219 cm³/mol. The molecule has 0 aliphatic carbocycles. The second-order valence-electron chi connectivity index (χ2n) is 13.3. The lowest BCUT2D eigenvalue weighted by atomic mass is 9.92. The van der Waals surface area contributed by atoms with Crippen LogP contribution in [0, 0.1) is 0 Å². The summed E-state index contributed by atoms with van der Waals surface area (Å²) >= 11 is 1.86. The quantitative estimate of drug-likeness (QED) is 0.181. The highest BCUT2D eigenvalue weighted by molar-refractivity contribution is 7.26. The van der Waals surface area contributed by atoms with Gasteiger partial charge < -0.3 is 13.7 Å². The maximum absolute atomic E-state index is 6.43. The van der Waals surface area contributed by atoms with E-state index in [9.17, 15) is 0 Å². The summed E-state index contributed by atoms with van der Waals surface area (Å²) in [5.74, 6) is 0. The van der Waals surface area contributed by atoms with E-state index in [1.807, 2.05) is 35.6 Å². The topological polar surface area (TPSA) is 29.5 Å². The molecule has 3 nitrogen and oxygen atoms in total. The van der Waals surface area contributed by atoms with Crippen LogP contribution in [-0.4, -0.2) is 0 Å². The van der Waals surface area contributed by atoms with Gasteiger partial charge in [0.05, 0.1) is 0 Å². The van der Waals surface area contributed by atoms with Crippen molar-refractivity contribution in [3.63, 3.8) is 0 Å². The van der Waals surface area contributed by atoms with E-state index in [2.05, 4.69) is 157 Å². The number of anilines is 3. The summed E-state index contributed by atoms with van der Waals surface area (Å²) in [7, 11) is 0. The van der Waals surface area contributed by atoms with Crippen molar-refractivity contribution >= 4 is 92.4 Å². The van der Waals surface area contributed by atoms with Crippen LogP contribution in [0.4, 0.5) is 17.1 Å². The van der Waals surface area contributed by atoms with Gasteiger partial charge in [-0.3, -0.25) is 0 Å². The molecule has 0 amide bonds. The second kappa shape index (κ2) is 11.5. The van der Waals surface area contributed by atoms with Crippen molar-refractivity contribution in [1.29, 1.82) is 0 Å². The van der Waals surface area contributed by atoms with E-state index in [0.29, 0.717) is 0 Å². The van der Waals surface area contributed by atoms with Crippen molar-refractivity contribution in [3.05, 3.63) is 176 Å². The van der Waals surface area contributed by atoms with Crippen LogP contribution in [0.25, 0.3) is 86.3 Å². The minimum atomic E-state index is 0.852. The Bertz CT molecular complexity index is 3030. The molecule has 0 unspecified atom stereocenters. The Morgan fingerprint density at radius 3 is 1.58 bits per heavy atom. The largest absolute Gasteiger partial charge is 0.456 e. The van der Waals surface area contributed by atoms with E-state index < -0.39 is 0 Å². The first kappa shape index (κ1) is 29.1. The molecule has 244 valence electrons. The average Bonchev–Trinajstić information content (AvgIpc) is 3.89. The molecular weight excluding hydrogens is 655 g/mol. The smallest absolute Gasteiger partial charge is 0.137 e. The van der Waals surface area contributed by atoms with Gasteiger partial charge in [0, 0.05) is 76.5 Å². The molecule has 0 saturated heterocycles. The second-order valence-corrected chi connectivity index (χ2v) is 14.3. The van der Waals surface area contributed by atoms with Crippen molar-refractivity contribution in [1.82, 2.24) is 0 Å².